The Bertz CT molecular complexity index is 348. The topological polar surface area (TPSA) is 44.8 Å². The summed E-state index contributed by atoms with van der Waals surface area (Å²) in [7, 11) is 4.64. The Labute approximate surface area is 95.1 Å². The molecular formula is C12H16O4. The van der Waals surface area contributed by atoms with Crippen LogP contribution >= 0.6 is 0 Å². The van der Waals surface area contributed by atoms with Crippen LogP contribution in [-0.4, -0.2) is 27.6 Å². The molecule has 0 fully saturated rings. The van der Waals surface area contributed by atoms with E-state index in [1.807, 2.05) is 6.92 Å². The summed E-state index contributed by atoms with van der Waals surface area (Å²) in [5.41, 5.74) is 0.838. The summed E-state index contributed by atoms with van der Waals surface area (Å²) >= 11 is 0. The van der Waals surface area contributed by atoms with Crippen LogP contribution in [0.4, 0.5) is 0 Å². The Morgan fingerprint density at radius 2 is 1.56 bits per heavy atom. The van der Waals surface area contributed by atoms with Crippen molar-refractivity contribution in [1.82, 2.24) is 0 Å². The maximum absolute atomic E-state index is 10.7. The standard InChI is InChI=1S/C12H16O4/c1-8(7-13)9-5-10(14-2)12(16-4)11(6-9)15-3/h5-8H,1-4H3/t8-/m1/s1. The zero-order chi connectivity index (χ0) is 12.1. The van der Waals surface area contributed by atoms with Crippen LogP contribution < -0.4 is 14.2 Å². The van der Waals surface area contributed by atoms with Gasteiger partial charge in [0.1, 0.15) is 6.29 Å². The van der Waals surface area contributed by atoms with E-state index in [2.05, 4.69) is 0 Å². The summed E-state index contributed by atoms with van der Waals surface area (Å²) in [4.78, 5) is 10.7. The second-order valence-electron chi connectivity index (χ2n) is 3.38. The van der Waals surface area contributed by atoms with Gasteiger partial charge in [0.05, 0.1) is 21.3 Å². The fraction of sp³-hybridized carbons (Fsp3) is 0.417. The van der Waals surface area contributed by atoms with Crippen molar-refractivity contribution in [2.75, 3.05) is 21.3 Å². The molecule has 0 aromatic heterocycles. The lowest BCUT2D eigenvalue weighted by Crippen LogP contribution is -2.00. The summed E-state index contributed by atoms with van der Waals surface area (Å²) in [6.45, 7) is 1.81. The Morgan fingerprint density at radius 3 is 1.88 bits per heavy atom. The average Bonchev–Trinajstić information content (AvgIpc) is 2.35. The lowest BCUT2D eigenvalue weighted by atomic mass is 10.0. The fourth-order valence-corrected chi connectivity index (χ4v) is 1.44. The van der Waals surface area contributed by atoms with Crippen LogP contribution in [0.1, 0.15) is 18.4 Å². The van der Waals surface area contributed by atoms with Crippen molar-refractivity contribution in [3.63, 3.8) is 0 Å². The molecular weight excluding hydrogens is 208 g/mol. The minimum Gasteiger partial charge on any atom is -0.493 e. The van der Waals surface area contributed by atoms with Gasteiger partial charge in [-0.2, -0.15) is 0 Å². The first-order valence-corrected chi connectivity index (χ1v) is 4.93. The normalized spacial score (nSPS) is 11.8. The van der Waals surface area contributed by atoms with Gasteiger partial charge in [0, 0.05) is 5.92 Å². The molecule has 4 heteroatoms. The Kier molecular flexibility index (Phi) is 4.17. The first-order valence-electron chi connectivity index (χ1n) is 4.93. The lowest BCUT2D eigenvalue weighted by molar-refractivity contribution is -0.108. The highest BCUT2D eigenvalue weighted by Crippen LogP contribution is 2.39. The molecule has 0 aliphatic rings. The molecule has 0 N–H and O–H groups in total. The zero-order valence-corrected chi connectivity index (χ0v) is 9.94. The maximum atomic E-state index is 10.7. The number of carbonyl (C=O) groups is 1. The highest BCUT2D eigenvalue weighted by molar-refractivity contribution is 5.65. The quantitative estimate of drug-likeness (QED) is 0.718. The monoisotopic (exact) mass is 224 g/mol. The van der Waals surface area contributed by atoms with Crippen LogP contribution in [0.3, 0.4) is 0 Å². The van der Waals surface area contributed by atoms with E-state index in [0.29, 0.717) is 17.2 Å². The highest BCUT2D eigenvalue weighted by atomic mass is 16.5. The summed E-state index contributed by atoms with van der Waals surface area (Å²) in [6, 6.07) is 3.56. The second kappa shape index (κ2) is 5.39. The van der Waals surface area contributed by atoms with Crippen molar-refractivity contribution in [3.05, 3.63) is 17.7 Å². The molecule has 4 nitrogen and oxygen atoms in total. The van der Waals surface area contributed by atoms with Gasteiger partial charge < -0.3 is 19.0 Å². The third-order valence-corrected chi connectivity index (χ3v) is 2.42. The van der Waals surface area contributed by atoms with Gasteiger partial charge in [-0.3, -0.25) is 0 Å². The van der Waals surface area contributed by atoms with E-state index in [-0.39, 0.29) is 5.92 Å². The lowest BCUT2D eigenvalue weighted by Gasteiger charge is -2.15. The van der Waals surface area contributed by atoms with Crippen molar-refractivity contribution < 1.29 is 19.0 Å². The number of rotatable bonds is 5. The number of ether oxygens (including phenoxy) is 3. The SMILES string of the molecule is COc1cc([C@H](C)C=O)cc(OC)c1OC. The maximum Gasteiger partial charge on any atom is 0.203 e. The highest BCUT2D eigenvalue weighted by Gasteiger charge is 2.15. The first-order chi connectivity index (χ1) is 7.67. The van der Waals surface area contributed by atoms with E-state index in [4.69, 9.17) is 14.2 Å². The van der Waals surface area contributed by atoms with Gasteiger partial charge in [-0.1, -0.05) is 6.92 Å². The Morgan fingerprint density at radius 1 is 1.06 bits per heavy atom. The molecule has 0 saturated carbocycles. The van der Waals surface area contributed by atoms with E-state index < -0.39 is 0 Å². The number of hydrogen-bond acceptors (Lipinski definition) is 4. The number of hydrogen-bond donors (Lipinski definition) is 0. The third-order valence-electron chi connectivity index (χ3n) is 2.42. The molecule has 16 heavy (non-hydrogen) atoms. The molecule has 0 aliphatic heterocycles. The van der Waals surface area contributed by atoms with E-state index in [1.54, 1.807) is 33.5 Å². The van der Waals surface area contributed by atoms with E-state index in [9.17, 15) is 4.79 Å². The Hall–Kier alpha value is -1.71. The van der Waals surface area contributed by atoms with Gasteiger partial charge in [0.25, 0.3) is 0 Å². The van der Waals surface area contributed by atoms with Gasteiger partial charge in [-0.25, -0.2) is 0 Å². The van der Waals surface area contributed by atoms with Crippen LogP contribution in [0.2, 0.25) is 0 Å². The number of carbonyl (C=O) groups excluding carboxylic acids is 1. The molecule has 1 aromatic carbocycles. The largest absolute Gasteiger partial charge is 0.493 e. The first kappa shape index (κ1) is 12.4. The van der Waals surface area contributed by atoms with Gasteiger partial charge in [-0.05, 0) is 17.7 Å². The van der Waals surface area contributed by atoms with E-state index in [0.717, 1.165) is 11.8 Å². The van der Waals surface area contributed by atoms with E-state index >= 15 is 0 Å². The molecule has 0 aliphatic carbocycles. The van der Waals surface area contributed by atoms with Gasteiger partial charge in [-0.15, -0.1) is 0 Å². The molecule has 1 aromatic rings. The summed E-state index contributed by atoms with van der Waals surface area (Å²) in [6.07, 6.45) is 0.876. The zero-order valence-electron chi connectivity index (χ0n) is 9.94. The molecule has 1 atom stereocenters. The minimum absolute atomic E-state index is 0.200. The van der Waals surface area contributed by atoms with Crippen LogP contribution in [-0.2, 0) is 4.79 Å². The number of aldehydes is 1. The number of benzene rings is 1. The van der Waals surface area contributed by atoms with Crippen LogP contribution in [0.25, 0.3) is 0 Å². The molecule has 0 bridgehead atoms. The van der Waals surface area contributed by atoms with Crippen molar-refractivity contribution >= 4 is 6.29 Å². The molecule has 88 valence electrons. The smallest absolute Gasteiger partial charge is 0.203 e. The molecule has 0 spiro atoms. The van der Waals surface area contributed by atoms with Crippen molar-refractivity contribution in [3.8, 4) is 17.2 Å². The van der Waals surface area contributed by atoms with Gasteiger partial charge >= 0.3 is 0 Å². The van der Waals surface area contributed by atoms with Gasteiger partial charge in [0.2, 0.25) is 5.75 Å². The van der Waals surface area contributed by atoms with Crippen molar-refractivity contribution in [1.29, 1.82) is 0 Å². The van der Waals surface area contributed by atoms with Gasteiger partial charge in [0.15, 0.2) is 11.5 Å². The summed E-state index contributed by atoms with van der Waals surface area (Å²) in [5.74, 6) is 1.46. The van der Waals surface area contributed by atoms with Crippen molar-refractivity contribution in [2.45, 2.75) is 12.8 Å². The molecule has 0 unspecified atom stereocenters. The molecule has 1 rings (SSSR count). The molecule has 0 saturated heterocycles. The molecule has 0 radical (unpaired) electrons. The van der Waals surface area contributed by atoms with Crippen LogP contribution in [0, 0.1) is 0 Å². The summed E-state index contributed by atoms with van der Waals surface area (Å²) in [5, 5.41) is 0. The van der Waals surface area contributed by atoms with Crippen LogP contribution in [0.15, 0.2) is 12.1 Å². The van der Waals surface area contributed by atoms with Crippen molar-refractivity contribution in [2.24, 2.45) is 0 Å². The Balaban J connectivity index is 3.30. The number of methoxy groups -OCH3 is 3. The second-order valence-corrected chi connectivity index (χ2v) is 3.38. The summed E-state index contributed by atoms with van der Waals surface area (Å²) < 4.78 is 15.6. The van der Waals surface area contributed by atoms with E-state index in [1.165, 1.54) is 0 Å². The van der Waals surface area contributed by atoms with Crippen LogP contribution in [0.5, 0.6) is 17.2 Å². The molecule has 0 amide bonds. The predicted octanol–water partition coefficient (Wildman–Crippen LogP) is 2.01. The fourth-order valence-electron chi connectivity index (χ4n) is 1.44. The average molecular weight is 224 g/mol. The third kappa shape index (κ3) is 2.27. The predicted molar refractivity (Wildman–Crippen MR) is 60.6 cm³/mol. The molecule has 0 heterocycles. The minimum atomic E-state index is -0.200.